The van der Waals surface area contributed by atoms with E-state index in [1.807, 2.05) is 7.05 Å². The highest BCUT2D eigenvalue weighted by molar-refractivity contribution is 9.10. The lowest BCUT2D eigenvalue weighted by atomic mass is 9.93. The Balaban J connectivity index is 1.53. The van der Waals surface area contributed by atoms with Gasteiger partial charge in [-0.15, -0.1) is 0 Å². The summed E-state index contributed by atoms with van der Waals surface area (Å²) in [7, 11) is 3.57. The molecule has 6 heteroatoms. The Morgan fingerprint density at radius 2 is 2.00 bits per heavy atom. The molecule has 1 amide bonds. The number of nitrogens with zero attached hydrogens (tertiary/aromatic N) is 2. The third-order valence-electron chi connectivity index (χ3n) is 5.76. The average molecular weight is 421 g/mol. The van der Waals surface area contributed by atoms with E-state index in [1.165, 1.54) is 22.9 Å². The fourth-order valence-electron chi connectivity index (χ4n) is 3.88. The molecular weight excluding hydrogens is 392 g/mol. The molecular formula is C20H29BrN4O. The van der Waals surface area contributed by atoms with Gasteiger partial charge in [0.1, 0.15) is 0 Å². The van der Waals surface area contributed by atoms with Crippen LogP contribution >= 0.6 is 15.9 Å². The quantitative estimate of drug-likeness (QED) is 0.568. The molecule has 0 spiro atoms. The highest BCUT2D eigenvalue weighted by Gasteiger charge is 2.45. The highest BCUT2D eigenvalue weighted by Crippen LogP contribution is 2.49. The summed E-state index contributed by atoms with van der Waals surface area (Å²) in [4.78, 5) is 18.4. The van der Waals surface area contributed by atoms with Crippen molar-refractivity contribution < 1.29 is 4.79 Å². The van der Waals surface area contributed by atoms with Gasteiger partial charge in [0, 0.05) is 50.0 Å². The lowest BCUT2D eigenvalue weighted by Gasteiger charge is -2.34. The van der Waals surface area contributed by atoms with E-state index in [4.69, 9.17) is 0 Å². The first-order valence-corrected chi connectivity index (χ1v) is 10.3. The number of aliphatic imine (C=N–C) groups is 1. The Morgan fingerprint density at radius 3 is 2.58 bits per heavy atom. The predicted octanol–water partition coefficient (Wildman–Crippen LogP) is 2.90. The SMILES string of the molecule is CN=C(NCC1(c2ccccc2Br)CC1)N1CCC(CC(=O)NC)CC1. The fraction of sp³-hybridized carbons (Fsp3) is 0.600. The fourth-order valence-corrected chi connectivity index (χ4v) is 4.58. The number of piperidine rings is 1. The minimum atomic E-state index is 0.148. The van der Waals surface area contributed by atoms with Crippen LogP contribution in [0, 0.1) is 5.92 Å². The van der Waals surface area contributed by atoms with Gasteiger partial charge in [0.2, 0.25) is 5.91 Å². The zero-order valence-corrected chi connectivity index (χ0v) is 17.3. The average Bonchev–Trinajstić information content (AvgIpc) is 3.44. The van der Waals surface area contributed by atoms with Crippen LogP contribution in [0.3, 0.4) is 0 Å². The van der Waals surface area contributed by atoms with Crippen molar-refractivity contribution in [2.75, 3.05) is 33.7 Å². The van der Waals surface area contributed by atoms with E-state index >= 15 is 0 Å². The first kappa shape index (κ1) is 19.2. The van der Waals surface area contributed by atoms with Crippen LogP contribution in [0.25, 0.3) is 0 Å². The summed E-state index contributed by atoms with van der Waals surface area (Å²) >= 11 is 3.70. The van der Waals surface area contributed by atoms with E-state index in [9.17, 15) is 4.79 Å². The normalized spacial score (nSPS) is 20.0. The van der Waals surface area contributed by atoms with Gasteiger partial charge in [-0.25, -0.2) is 0 Å². The molecule has 2 aliphatic rings. The van der Waals surface area contributed by atoms with Gasteiger partial charge in [-0.3, -0.25) is 9.79 Å². The van der Waals surface area contributed by atoms with E-state index < -0.39 is 0 Å². The number of hydrogen-bond acceptors (Lipinski definition) is 2. The van der Waals surface area contributed by atoms with Gasteiger partial charge < -0.3 is 15.5 Å². The monoisotopic (exact) mass is 420 g/mol. The zero-order chi connectivity index (χ0) is 18.6. The van der Waals surface area contributed by atoms with Gasteiger partial charge in [-0.2, -0.15) is 0 Å². The van der Waals surface area contributed by atoms with E-state index in [-0.39, 0.29) is 11.3 Å². The summed E-state index contributed by atoms with van der Waals surface area (Å²) in [6.07, 6.45) is 5.16. The molecule has 26 heavy (non-hydrogen) atoms. The number of benzene rings is 1. The molecule has 1 aromatic carbocycles. The summed E-state index contributed by atoms with van der Waals surface area (Å²) < 4.78 is 1.20. The van der Waals surface area contributed by atoms with Gasteiger partial charge in [0.05, 0.1) is 0 Å². The number of likely N-dealkylation sites (tertiary alicyclic amines) is 1. The topological polar surface area (TPSA) is 56.7 Å². The first-order valence-electron chi connectivity index (χ1n) is 9.49. The summed E-state index contributed by atoms with van der Waals surface area (Å²) in [6, 6.07) is 8.54. The Kier molecular flexibility index (Phi) is 6.22. The van der Waals surface area contributed by atoms with Gasteiger partial charge >= 0.3 is 0 Å². The summed E-state index contributed by atoms with van der Waals surface area (Å²) in [5, 5.41) is 6.34. The second kappa shape index (κ2) is 8.42. The standard InChI is InChI=1S/C20H29BrN4O/c1-22-18(26)13-15-7-11-25(12-8-15)19(23-2)24-14-20(9-10-20)16-5-3-4-6-17(16)21/h3-6,15H,7-14H2,1-2H3,(H,22,26)(H,23,24). The Hall–Kier alpha value is -1.56. The Morgan fingerprint density at radius 1 is 1.31 bits per heavy atom. The number of guanidine groups is 1. The molecule has 2 N–H and O–H groups in total. The molecule has 1 heterocycles. The molecule has 1 aliphatic carbocycles. The summed E-state index contributed by atoms with van der Waals surface area (Å²) in [5.74, 6) is 1.62. The second-order valence-corrected chi connectivity index (χ2v) is 8.32. The van der Waals surface area contributed by atoms with Crippen LogP contribution in [0.4, 0.5) is 0 Å². The number of halogens is 1. The van der Waals surface area contributed by atoms with Crippen molar-refractivity contribution in [2.45, 2.75) is 37.5 Å². The van der Waals surface area contributed by atoms with Gasteiger partial charge in [-0.1, -0.05) is 34.1 Å². The van der Waals surface area contributed by atoms with E-state index in [0.29, 0.717) is 12.3 Å². The van der Waals surface area contributed by atoms with E-state index in [2.05, 4.69) is 60.7 Å². The van der Waals surface area contributed by atoms with Crippen LogP contribution in [0.15, 0.2) is 33.7 Å². The van der Waals surface area contributed by atoms with Crippen LogP contribution in [-0.4, -0.2) is 50.5 Å². The van der Waals surface area contributed by atoms with Crippen molar-refractivity contribution in [1.82, 2.24) is 15.5 Å². The molecule has 1 saturated carbocycles. The third-order valence-corrected chi connectivity index (χ3v) is 6.45. The lowest BCUT2D eigenvalue weighted by molar-refractivity contribution is -0.121. The Bertz CT molecular complexity index is 664. The van der Waals surface area contributed by atoms with Crippen molar-refractivity contribution >= 4 is 27.8 Å². The minimum Gasteiger partial charge on any atom is -0.359 e. The van der Waals surface area contributed by atoms with Crippen molar-refractivity contribution in [3.05, 3.63) is 34.3 Å². The molecule has 0 atom stereocenters. The molecule has 0 radical (unpaired) electrons. The molecule has 1 aromatic rings. The number of carbonyl (C=O) groups excluding carboxylic acids is 1. The smallest absolute Gasteiger partial charge is 0.220 e. The van der Waals surface area contributed by atoms with Crippen LogP contribution in [0.2, 0.25) is 0 Å². The van der Waals surface area contributed by atoms with Crippen molar-refractivity contribution in [1.29, 1.82) is 0 Å². The first-order chi connectivity index (χ1) is 12.6. The van der Waals surface area contributed by atoms with Crippen molar-refractivity contribution in [3.63, 3.8) is 0 Å². The van der Waals surface area contributed by atoms with Crippen molar-refractivity contribution in [2.24, 2.45) is 10.9 Å². The molecule has 0 bridgehead atoms. The maximum Gasteiger partial charge on any atom is 0.220 e. The maximum atomic E-state index is 11.6. The number of nitrogens with one attached hydrogen (secondary N) is 2. The predicted molar refractivity (Wildman–Crippen MR) is 109 cm³/mol. The molecule has 3 rings (SSSR count). The van der Waals surface area contributed by atoms with Gasteiger partial charge in [-0.05, 0) is 43.2 Å². The molecule has 2 fully saturated rings. The largest absolute Gasteiger partial charge is 0.359 e. The maximum absolute atomic E-state index is 11.6. The summed E-state index contributed by atoms with van der Waals surface area (Å²) in [6.45, 7) is 2.84. The number of amides is 1. The third kappa shape index (κ3) is 4.40. The molecule has 0 unspecified atom stereocenters. The number of rotatable bonds is 5. The zero-order valence-electron chi connectivity index (χ0n) is 15.7. The van der Waals surface area contributed by atoms with Crippen LogP contribution in [0.1, 0.15) is 37.7 Å². The van der Waals surface area contributed by atoms with Crippen LogP contribution < -0.4 is 10.6 Å². The number of hydrogen-bond donors (Lipinski definition) is 2. The Labute approximate surface area is 164 Å². The lowest BCUT2D eigenvalue weighted by Crippen LogP contribution is -2.47. The van der Waals surface area contributed by atoms with E-state index in [1.54, 1.807) is 7.05 Å². The van der Waals surface area contributed by atoms with Gasteiger partial charge in [0.15, 0.2) is 5.96 Å². The van der Waals surface area contributed by atoms with Gasteiger partial charge in [0.25, 0.3) is 0 Å². The number of carbonyl (C=O) groups is 1. The molecule has 5 nitrogen and oxygen atoms in total. The molecule has 1 aliphatic heterocycles. The second-order valence-electron chi connectivity index (χ2n) is 7.47. The summed E-state index contributed by atoms with van der Waals surface area (Å²) in [5.41, 5.74) is 1.63. The highest BCUT2D eigenvalue weighted by atomic mass is 79.9. The minimum absolute atomic E-state index is 0.148. The molecule has 142 valence electrons. The molecule has 0 aromatic heterocycles. The van der Waals surface area contributed by atoms with E-state index in [0.717, 1.165) is 38.4 Å². The van der Waals surface area contributed by atoms with Crippen LogP contribution in [-0.2, 0) is 10.2 Å². The molecule has 1 saturated heterocycles. The van der Waals surface area contributed by atoms with Crippen molar-refractivity contribution in [3.8, 4) is 0 Å². The van der Waals surface area contributed by atoms with Crippen LogP contribution in [0.5, 0.6) is 0 Å².